The van der Waals surface area contributed by atoms with Gasteiger partial charge >= 0.3 is 0 Å². The Hall–Kier alpha value is -4.92. The highest BCUT2D eigenvalue weighted by Crippen LogP contribution is 2.32. The van der Waals surface area contributed by atoms with E-state index >= 15 is 0 Å². The van der Waals surface area contributed by atoms with Crippen LogP contribution in [0.25, 0.3) is 56.0 Å². The van der Waals surface area contributed by atoms with Crippen LogP contribution in [0.15, 0.2) is 73.1 Å². The van der Waals surface area contributed by atoms with Gasteiger partial charge in [0.05, 0.1) is 34.1 Å². The van der Waals surface area contributed by atoms with Crippen LogP contribution in [0.3, 0.4) is 0 Å². The number of H-pyrrole nitrogens is 2. The first-order valence-electron chi connectivity index (χ1n) is 12.4. The first-order valence-corrected chi connectivity index (χ1v) is 12.4. The predicted octanol–water partition coefficient (Wildman–Crippen LogP) is 6.50. The van der Waals surface area contributed by atoms with Gasteiger partial charge in [0.15, 0.2) is 11.5 Å². The van der Waals surface area contributed by atoms with E-state index in [9.17, 15) is 9.18 Å². The molecule has 9 heteroatoms. The van der Waals surface area contributed by atoms with E-state index in [0.717, 1.165) is 46.1 Å². The average Bonchev–Trinajstić information content (AvgIpc) is 3.56. The fourth-order valence-electron chi connectivity index (χ4n) is 4.44. The third-order valence-corrected chi connectivity index (χ3v) is 6.38. The summed E-state index contributed by atoms with van der Waals surface area (Å²) in [7, 11) is 0. The Balaban J connectivity index is 1.37. The van der Waals surface area contributed by atoms with Gasteiger partial charge in [0, 0.05) is 23.7 Å². The monoisotopic (exact) mass is 505 g/mol. The van der Waals surface area contributed by atoms with Crippen LogP contribution in [0.5, 0.6) is 0 Å². The predicted molar refractivity (Wildman–Crippen MR) is 146 cm³/mol. The number of hydrogen-bond donors (Lipinski definition) is 3. The average molecular weight is 506 g/mol. The maximum atomic E-state index is 13.5. The Kier molecular flexibility index (Phi) is 6.09. The summed E-state index contributed by atoms with van der Waals surface area (Å²) in [5, 5.41) is 10.4. The Morgan fingerprint density at radius 2 is 1.82 bits per heavy atom. The number of para-hydroxylation sites is 1. The van der Waals surface area contributed by atoms with Crippen molar-refractivity contribution in [2.45, 2.75) is 26.2 Å². The molecule has 8 nitrogen and oxygen atoms in total. The van der Waals surface area contributed by atoms with Crippen LogP contribution in [0, 0.1) is 5.82 Å². The van der Waals surface area contributed by atoms with Crippen LogP contribution >= 0.6 is 0 Å². The summed E-state index contributed by atoms with van der Waals surface area (Å²) in [5.41, 5.74) is 7.46. The topological polar surface area (TPSA) is 112 Å². The normalized spacial score (nSPS) is 11.3. The van der Waals surface area contributed by atoms with E-state index in [4.69, 9.17) is 9.97 Å². The minimum absolute atomic E-state index is 0.0313. The molecule has 188 valence electrons. The first-order chi connectivity index (χ1) is 18.6. The van der Waals surface area contributed by atoms with Crippen LogP contribution in [-0.2, 0) is 4.79 Å². The fourth-order valence-corrected chi connectivity index (χ4v) is 4.44. The molecule has 0 radical (unpaired) electrons. The van der Waals surface area contributed by atoms with Gasteiger partial charge in [-0.3, -0.25) is 14.9 Å². The minimum atomic E-state index is -0.284. The number of hydrogen-bond acceptors (Lipinski definition) is 5. The van der Waals surface area contributed by atoms with Crippen molar-refractivity contribution in [2.75, 3.05) is 5.32 Å². The molecule has 0 atom stereocenters. The van der Waals surface area contributed by atoms with Crippen LogP contribution in [0.2, 0.25) is 0 Å². The highest BCUT2D eigenvalue weighted by molar-refractivity contribution is 5.96. The maximum absolute atomic E-state index is 13.5. The standard InChI is InChI=1S/C29H24FN7O/c1-2-3-7-25(38)32-20-14-18(15-31-16-20)22-12-13-24-27(33-22)28(37-36-24)29-34-23-6-4-5-21(26(23)35-29)17-8-10-19(30)11-9-17/h4-6,8-16H,2-3,7H2,1H3,(H,32,38)(H,34,35)(H,36,37). The van der Waals surface area contributed by atoms with E-state index < -0.39 is 0 Å². The Labute approximate surface area is 217 Å². The summed E-state index contributed by atoms with van der Waals surface area (Å²) < 4.78 is 13.5. The van der Waals surface area contributed by atoms with Crippen LogP contribution in [-0.4, -0.2) is 36.0 Å². The zero-order valence-corrected chi connectivity index (χ0v) is 20.6. The van der Waals surface area contributed by atoms with E-state index in [0.29, 0.717) is 34.8 Å². The molecule has 6 rings (SSSR count). The summed E-state index contributed by atoms with van der Waals surface area (Å²) in [4.78, 5) is 29.5. The summed E-state index contributed by atoms with van der Waals surface area (Å²) >= 11 is 0. The molecular weight excluding hydrogens is 481 g/mol. The van der Waals surface area contributed by atoms with Crippen molar-refractivity contribution in [3.05, 3.63) is 78.9 Å². The number of benzene rings is 2. The number of fused-ring (bicyclic) bond motifs is 2. The largest absolute Gasteiger partial charge is 0.336 e. The Morgan fingerprint density at radius 3 is 2.66 bits per heavy atom. The number of halogens is 1. The summed E-state index contributed by atoms with van der Waals surface area (Å²) in [6.07, 6.45) is 5.62. The number of nitrogens with zero attached hydrogens (tertiary/aromatic N) is 4. The molecule has 2 aromatic carbocycles. The lowest BCUT2D eigenvalue weighted by Gasteiger charge is -2.07. The SMILES string of the molecule is CCCCC(=O)Nc1cncc(-c2ccc3[nH]nc(-c4nc5c(-c6ccc(F)cc6)cccc5[nH]4)c3n2)c1. The van der Waals surface area contributed by atoms with Gasteiger partial charge in [-0.25, -0.2) is 14.4 Å². The van der Waals surface area contributed by atoms with Crippen molar-refractivity contribution in [1.29, 1.82) is 0 Å². The second-order valence-electron chi connectivity index (χ2n) is 9.07. The van der Waals surface area contributed by atoms with Crippen LogP contribution < -0.4 is 5.32 Å². The molecule has 4 aromatic heterocycles. The lowest BCUT2D eigenvalue weighted by atomic mass is 10.0. The number of unbranched alkanes of at least 4 members (excludes halogenated alkanes) is 1. The number of aromatic nitrogens is 6. The van der Waals surface area contributed by atoms with Gasteiger partial charge in [-0.15, -0.1) is 0 Å². The fraction of sp³-hybridized carbons (Fsp3) is 0.138. The van der Waals surface area contributed by atoms with E-state index in [1.165, 1.54) is 12.1 Å². The Morgan fingerprint density at radius 1 is 0.947 bits per heavy atom. The van der Waals surface area contributed by atoms with Crippen molar-refractivity contribution in [1.82, 2.24) is 30.1 Å². The highest BCUT2D eigenvalue weighted by Gasteiger charge is 2.17. The number of aromatic amines is 2. The second-order valence-corrected chi connectivity index (χ2v) is 9.07. The molecule has 6 aromatic rings. The second kappa shape index (κ2) is 9.85. The number of carbonyl (C=O) groups excluding carboxylic acids is 1. The molecule has 0 aliphatic heterocycles. The number of pyridine rings is 2. The first kappa shape index (κ1) is 23.5. The van der Waals surface area contributed by atoms with Gasteiger partial charge < -0.3 is 10.3 Å². The van der Waals surface area contributed by atoms with Crippen molar-refractivity contribution in [2.24, 2.45) is 0 Å². The number of amides is 1. The van der Waals surface area contributed by atoms with E-state index in [-0.39, 0.29) is 11.7 Å². The molecule has 0 aliphatic rings. The molecule has 0 saturated heterocycles. The zero-order valence-electron chi connectivity index (χ0n) is 20.6. The summed E-state index contributed by atoms with van der Waals surface area (Å²) in [5.74, 6) is 0.255. The van der Waals surface area contributed by atoms with Crippen molar-refractivity contribution in [3.63, 3.8) is 0 Å². The molecule has 0 fully saturated rings. The zero-order chi connectivity index (χ0) is 26.1. The highest BCUT2D eigenvalue weighted by atomic mass is 19.1. The molecule has 0 aliphatic carbocycles. The lowest BCUT2D eigenvalue weighted by molar-refractivity contribution is -0.116. The van der Waals surface area contributed by atoms with Gasteiger partial charge in [0.2, 0.25) is 5.91 Å². The molecule has 3 N–H and O–H groups in total. The van der Waals surface area contributed by atoms with Crippen LogP contribution in [0.4, 0.5) is 10.1 Å². The molecule has 0 unspecified atom stereocenters. The van der Waals surface area contributed by atoms with Crippen LogP contribution in [0.1, 0.15) is 26.2 Å². The van der Waals surface area contributed by atoms with Gasteiger partial charge in [0.25, 0.3) is 0 Å². The third kappa shape index (κ3) is 4.50. The molecule has 0 spiro atoms. The Bertz CT molecular complexity index is 1770. The number of imidazole rings is 1. The smallest absolute Gasteiger partial charge is 0.224 e. The van der Waals surface area contributed by atoms with Gasteiger partial charge in [-0.1, -0.05) is 37.6 Å². The molecular formula is C29H24FN7O. The summed E-state index contributed by atoms with van der Waals surface area (Å²) in [6, 6.07) is 17.9. The quantitative estimate of drug-likeness (QED) is 0.229. The molecule has 0 saturated carbocycles. The molecule has 0 bridgehead atoms. The number of anilines is 1. The van der Waals surface area contributed by atoms with Gasteiger partial charge in [0.1, 0.15) is 11.3 Å². The van der Waals surface area contributed by atoms with E-state index in [1.54, 1.807) is 24.5 Å². The molecule has 38 heavy (non-hydrogen) atoms. The molecule has 4 heterocycles. The van der Waals surface area contributed by atoms with Crippen molar-refractivity contribution >= 4 is 33.7 Å². The van der Waals surface area contributed by atoms with Gasteiger partial charge in [-0.2, -0.15) is 5.10 Å². The van der Waals surface area contributed by atoms with Gasteiger partial charge in [-0.05, 0) is 48.4 Å². The van der Waals surface area contributed by atoms with E-state index in [1.807, 2.05) is 36.4 Å². The number of rotatable bonds is 7. The summed E-state index contributed by atoms with van der Waals surface area (Å²) in [6.45, 7) is 2.05. The van der Waals surface area contributed by atoms with Crippen molar-refractivity contribution < 1.29 is 9.18 Å². The minimum Gasteiger partial charge on any atom is -0.336 e. The number of nitrogens with one attached hydrogen (secondary N) is 3. The molecule has 1 amide bonds. The van der Waals surface area contributed by atoms with Crippen molar-refractivity contribution in [3.8, 4) is 33.9 Å². The third-order valence-electron chi connectivity index (χ3n) is 6.38. The maximum Gasteiger partial charge on any atom is 0.224 e. The number of carbonyl (C=O) groups is 1. The van der Waals surface area contributed by atoms with E-state index in [2.05, 4.69) is 32.4 Å². The lowest BCUT2D eigenvalue weighted by Crippen LogP contribution is -2.11.